The number of halogens is 1. The van der Waals surface area contributed by atoms with Gasteiger partial charge < -0.3 is 0 Å². The minimum absolute atomic E-state index is 0.907. The van der Waals surface area contributed by atoms with E-state index in [4.69, 9.17) is 16.2 Å². The minimum atomic E-state index is -3.58. The molecule has 5 aromatic rings. The Hall–Kier alpha value is -2.99. The topological polar surface area (TPSA) is 12.9 Å². The third-order valence-electron chi connectivity index (χ3n) is 5.74. The average molecular weight is 426 g/mol. The standard InChI is InChI=1S/C27H21ClNP/c28-30(23-13-4-1-5-14-23,24-15-6-2-7-16-24,25-17-8-3-9-18-25)27-21-20-22-12-10-11-19-26(22)29-27/h1-21H. The second kappa shape index (κ2) is 7.36. The molecule has 0 atom stereocenters. The van der Waals surface area contributed by atoms with Crippen LogP contribution in [0.25, 0.3) is 10.9 Å². The molecule has 5 rings (SSSR count). The fourth-order valence-corrected chi connectivity index (χ4v) is 10.1. The van der Waals surface area contributed by atoms with E-state index in [-0.39, 0.29) is 0 Å². The molecule has 0 spiro atoms. The number of fused-ring (bicyclic) bond motifs is 1. The van der Waals surface area contributed by atoms with Gasteiger partial charge in [0, 0.05) is 0 Å². The molecular formula is C27H21ClNP. The zero-order valence-corrected chi connectivity index (χ0v) is 18.0. The number of hydrogen-bond donors (Lipinski definition) is 0. The van der Waals surface area contributed by atoms with E-state index in [1.165, 1.54) is 0 Å². The fourth-order valence-electron chi connectivity index (χ4n) is 4.26. The molecule has 30 heavy (non-hydrogen) atoms. The van der Waals surface area contributed by atoms with Crippen LogP contribution in [0.3, 0.4) is 0 Å². The number of aromatic nitrogens is 1. The van der Waals surface area contributed by atoms with Gasteiger partial charge in [-0.3, -0.25) is 0 Å². The zero-order valence-electron chi connectivity index (χ0n) is 16.4. The van der Waals surface area contributed by atoms with Crippen molar-refractivity contribution < 1.29 is 0 Å². The van der Waals surface area contributed by atoms with Crippen molar-refractivity contribution in [2.24, 2.45) is 0 Å². The van der Waals surface area contributed by atoms with Crippen molar-refractivity contribution in [3.63, 3.8) is 0 Å². The van der Waals surface area contributed by atoms with E-state index in [1.54, 1.807) is 0 Å². The van der Waals surface area contributed by atoms with Gasteiger partial charge in [-0.05, 0) is 0 Å². The van der Waals surface area contributed by atoms with E-state index in [0.717, 1.165) is 32.3 Å². The third-order valence-corrected chi connectivity index (χ3v) is 12.9. The molecule has 0 amide bonds. The second-order valence-electron chi connectivity index (χ2n) is 7.38. The third kappa shape index (κ3) is 2.70. The van der Waals surface area contributed by atoms with Crippen LogP contribution < -0.4 is 21.3 Å². The average Bonchev–Trinajstić information content (AvgIpc) is 2.85. The van der Waals surface area contributed by atoms with Crippen LogP contribution in [-0.4, -0.2) is 4.98 Å². The predicted molar refractivity (Wildman–Crippen MR) is 132 cm³/mol. The summed E-state index contributed by atoms with van der Waals surface area (Å²) in [4.78, 5) is 5.17. The monoisotopic (exact) mass is 425 g/mol. The quantitative estimate of drug-likeness (QED) is 0.344. The van der Waals surface area contributed by atoms with Gasteiger partial charge in [-0.15, -0.1) is 0 Å². The van der Waals surface area contributed by atoms with E-state index in [9.17, 15) is 0 Å². The molecule has 1 heterocycles. The van der Waals surface area contributed by atoms with Crippen molar-refractivity contribution in [3.05, 3.63) is 127 Å². The Morgan fingerprint density at radius 3 is 1.40 bits per heavy atom. The summed E-state index contributed by atoms with van der Waals surface area (Å²) in [5, 5.41) is 4.37. The summed E-state index contributed by atoms with van der Waals surface area (Å²) in [6, 6.07) is 43.8. The number of hydrogen-bond acceptors (Lipinski definition) is 1. The normalized spacial score (nSPS) is 12.9. The summed E-state index contributed by atoms with van der Waals surface area (Å²) in [6.45, 7) is 0. The van der Waals surface area contributed by atoms with Gasteiger partial charge in [0.25, 0.3) is 0 Å². The number of benzene rings is 4. The summed E-state index contributed by atoms with van der Waals surface area (Å²) >= 11 is 8.17. The van der Waals surface area contributed by atoms with Crippen molar-refractivity contribution in [2.45, 2.75) is 0 Å². The van der Waals surface area contributed by atoms with Crippen molar-refractivity contribution in [1.29, 1.82) is 0 Å². The molecule has 3 heteroatoms. The number of rotatable bonds is 4. The van der Waals surface area contributed by atoms with Crippen LogP contribution in [0, 0.1) is 0 Å². The molecule has 0 bridgehead atoms. The Morgan fingerprint density at radius 1 is 0.467 bits per heavy atom. The van der Waals surface area contributed by atoms with Crippen LogP contribution >= 0.6 is 17.2 Å². The van der Waals surface area contributed by atoms with Crippen LogP contribution in [0.15, 0.2) is 127 Å². The molecule has 146 valence electrons. The molecule has 0 unspecified atom stereocenters. The maximum atomic E-state index is 8.17. The summed E-state index contributed by atoms with van der Waals surface area (Å²) in [6.07, 6.45) is 0. The van der Waals surface area contributed by atoms with Crippen molar-refractivity contribution in [2.75, 3.05) is 0 Å². The number of para-hydroxylation sites is 1. The molecule has 0 radical (unpaired) electrons. The van der Waals surface area contributed by atoms with E-state index in [1.807, 2.05) is 30.3 Å². The van der Waals surface area contributed by atoms with Crippen LogP contribution in [0.1, 0.15) is 0 Å². The Morgan fingerprint density at radius 2 is 0.900 bits per heavy atom. The van der Waals surface area contributed by atoms with Gasteiger partial charge in [-0.25, -0.2) is 0 Å². The second-order valence-corrected chi connectivity index (χ2v) is 13.4. The molecule has 0 aliphatic carbocycles. The first-order chi connectivity index (χ1) is 14.7. The van der Waals surface area contributed by atoms with Crippen LogP contribution in [0.4, 0.5) is 0 Å². The van der Waals surface area contributed by atoms with E-state index >= 15 is 0 Å². The van der Waals surface area contributed by atoms with Gasteiger partial charge >= 0.3 is 182 Å². The summed E-state index contributed by atoms with van der Waals surface area (Å²) in [7, 11) is 0. The molecule has 0 saturated heterocycles. The molecule has 0 N–H and O–H groups in total. The Labute approximate surface area is 181 Å². The zero-order chi connectivity index (χ0) is 20.5. The molecule has 1 nitrogen and oxygen atoms in total. The number of pyridine rings is 1. The maximum absolute atomic E-state index is 8.17. The van der Waals surface area contributed by atoms with Gasteiger partial charge in [0.15, 0.2) is 0 Å². The number of nitrogens with zero attached hydrogens (tertiary/aromatic N) is 1. The molecular weight excluding hydrogens is 405 g/mol. The van der Waals surface area contributed by atoms with Crippen LogP contribution in [-0.2, 0) is 0 Å². The first-order valence-electron chi connectivity index (χ1n) is 9.98. The van der Waals surface area contributed by atoms with Crippen LogP contribution in [0.2, 0.25) is 0 Å². The fraction of sp³-hybridized carbons (Fsp3) is 0. The summed E-state index contributed by atoms with van der Waals surface area (Å²) in [5.41, 5.74) is 1.86. The Balaban J connectivity index is 1.99. The van der Waals surface area contributed by atoms with Crippen molar-refractivity contribution in [3.8, 4) is 0 Å². The molecule has 0 aliphatic heterocycles. The SMILES string of the molecule is ClP(c1ccccc1)(c1ccccc1)(c1ccccc1)c1ccc2ccccc2n1. The molecule has 4 aromatic carbocycles. The van der Waals surface area contributed by atoms with E-state index in [2.05, 4.69) is 97.1 Å². The van der Waals surface area contributed by atoms with E-state index in [0.29, 0.717) is 0 Å². The predicted octanol–water partition coefficient (Wildman–Crippen LogP) is 5.54. The Kier molecular flexibility index (Phi) is 4.66. The Bertz CT molecular complexity index is 1200. The van der Waals surface area contributed by atoms with Crippen LogP contribution in [0.5, 0.6) is 0 Å². The van der Waals surface area contributed by atoms with Gasteiger partial charge in [0.1, 0.15) is 0 Å². The van der Waals surface area contributed by atoms with Crippen molar-refractivity contribution >= 4 is 49.4 Å². The van der Waals surface area contributed by atoms with Crippen molar-refractivity contribution in [1.82, 2.24) is 4.98 Å². The first-order valence-corrected chi connectivity index (χ1v) is 13.1. The molecule has 0 fully saturated rings. The van der Waals surface area contributed by atoms with Gasteiger partial charge in [0.05, 0.1) is 0 Å². The summed E-state index contributed by atoms with van der Waals surface area (Å²) in [5.74, 6) is -3.58. The van der Waals surface area contributed by atoms with Gasteiger partial charge in [-0.1, -0.05) is 0 Å². The molecule has 1 aromatic heterocycles. The van der Waals surface area contributed by atoms with Gasteiger partial charge in [-0.2, -0.15) is 0 Å². The molecule has 0 aliphatic rings. The molecule has 0 saturated carbocycles. The van der Waals surface area contributed by atoms with E-state index < -0.39 is 5.96 Å². The first kappa shape index (κ1) is 19.0. The van der Waals surface area contributed by atoms with Gasteiger partial charge in [0.2, 0.25) is 0 Å². The summed E-state index contributed by atoms with van der Waals surface area (Å²) < 4.78 is 0.